The molecule has 1 aromatic carbocycles. The van der Waals surface area contributed by atoms with Gasteiger partial charge in [0.15, 0.2) is 5.69 Å². The molecule has 0 aliphatic carbocycles. The molecular weight excluding hydrogens is 408 g/mol. The van der Waals surface area contributed by atoms with Crippen molar-refractivity contribution in [3.05, 3.63) is 63.1 Å². The summed E-state index contributed by atoms with van der Waals surface area (Å²) in [5, 5.41) is 5.48. The summed E-state index contributed by atoms with van der Waals surface area (Å²) in [5.41, 5.74) is 0.0816. The molecule has 0 atom stereocenters. The van der Waals surface area contributed by atoms with E-state index < -0.39 is 0 Å². The molecule has 140 valence electrons. The zero-order chi connectivity index (χ0) is 19.6. The predicted molar refractivity (Wildman–Crippen MR) is 110 cm³/mol. The normalized spacial score (nSPS) is 11.1. The van der Waals surface area contributed by atoms with Crippen molar-refractivity contribution >= 4 is 38.4 Å². The molecule has 2 heterocycles. The van der Waals surface area contributed by atoms with Crippen molar-refractivity contribution in [3.8, 4) is 0 Å². The molecule has 3 aromatic rings. The molecular formula is C20H21BrN4O2. The van der Waals surface area contributed by atoms with Crippen LogP contribution in [0.1, 0.15) is 31.3 Å². The minimum Gasteiger partial charge on any atom is -0.292 e. The molecule has 0 fully saturated rings. The highest BCUT2D eigenvalue weighted by molar-refractivity contribution is 9.10. The summed E-state index contributed by atoms with van der Waals surface area (Å²) < 4.78 is 2.23. The topological polar surface area (TPSA) is 68.1 Å². The van der Waals surface area contributed by atoms with Gasteiger partial charge in [0, 0.05) is 29.1 Å². The summed E-state index contributed by atoms with van der Waals surface area (Å²) in [5.74, 6) is 0.494. The van der Waals surface area contributed by atoms with Crippen LogP contribution < -0.4 is 10.5 Å². The quantitative estimate of drug-likeness (QED) is 0.618. The lowest BCUT2D eigenvalue weighted by Gasteiger charge is -2.21. The summed E-state index contributed by atoms with van der Waals surface area (Å²) in [6.07, 6.45) is 1.65. The van der Waals surface area contributed by atoms with E-state index in [2.05, 4.69) is 26.0 Å². The summed E-state index contributed by atoms with van der Waals surface area (Å²) in [6.45, 7) is 6.79. The molecule has 0 saturated heterocycles. The monoisotopic (exact) mass is 428 g/mol. The van der Waals surface area contributed by atoms with Gasteiger partial charge < -0.3 is 0 Å². The van der Waals surface area contributed by atoms with Crippen LogP contribution in [0.4, 0.5) is 5.82 Å². The molecule has 0 aliphatic rings. The fourth-order valence-corrected chi connectivity index (χ4v) is 3.16. The molecule has 6 nitrogen and oxygen atoms in total. The van der Waals surface area contributed by atoms with Gasteiger partial charge >= 0.3 is 0 Å². The van der Waals surface area contributed by atoms with Crippen LogP contribution in [0.2, 0.25) is 0 Å². The van der Waals surface area contributed by atoms with Crippen molar-refractivity contribution in [2.45, 2.75) is 27.3 Å². The van der Waals surface area contributed by atoms with Crippen molar-refractivity contribution in [1.82, 2.24) is 14.8 Å². The van der Waals surface area contributed by atoms with Crippen LogP contribution in [-0.4, -0.2) is 27.2 Å². The van der Waals surface area contributed by atoms with E-state index in [1.807, 2.05) is 26.8 Å². The Hall–Kier alpha value is -2.54. The fourth-order valence-electron chi connectivity index (χ4n) is 2.93. The Labute approximate surface area is 166 Å². The Kier molecular flexibility index (Phi) is 5.70. The van der Waals surface area contributed by atoms with Crippen LogP contribution >= 0.6 is 15.9 Å². The predicted octanol–water partition coefficient (Wildman–Crippen LogP) is 3.88. The molecule has 7 heteroatoms. The van der Waals surface area contributed by atoms with Gasteiger partial charge in [-0.2, -0.15) is 5.10 Å². The Morgan fingerprint density at radius 3 is 2.48 bits per heavy atom. The van der Waals surface area contributed by atoms with Gasteiger partial charge in [-0.05, 0) is 47.0 Å². The number of benzene rings is 1. The molecule has 0 spiro atoms. The molecule has 0 radical (unpaired) electrons. The van der Waals surface area contributed by atoms with Crippen molar-refractivity contribution in [1.29, 1.82) is 0 Å². The van der Waals surface area contributed by atoms with E-state index in [0.29, 0.717) is 29.7 Å². The van der Waals surface area contributed by atoms with Gasteiger partial charge in [0.1, 0.15) is 5.82 Å². The summed E-state index contributed by atoms with van der Waals surface area (Å²) in [7, 11) is 0. The molecule has 1 amide bonds. The van der Waals surface area contributed by atoms with Gasteiger partial charge in [0.25, 0.3) is 11.5 Å². The number of aromatic nitrogens is 3. The summed E-state index contributed by atoms with van der Waals surface area (Å²) >= 11 is 3.35. The SMILES string of the molecule is CCN(C(=O)c1nn(CC(C)C)c(=O)c2ccccc12)c1ccc(Br)cn1. The smallest absolute Gasteiger partial charge is 0.280 e. The second kappa shape index (κ2) is 8.00. The van der Waals surface area contributed by atoms with Crippen LogP contribution in [0.5, 0.6) is 0 Å². The van der Waals surface area contributed by atoms with Gasteiger partial charge in [-0.15, -0.1) is 0 Å². The molecule has 0 bridgehead atoms. The minimum atomic E-state index is -0.277. The third kappa shape index (κ3) is 3.93. The van der Waals surface area contributed by atoms with Gasteiger partial charge in [0.2, 0.25) is 0 Å². The second-order valence-corrected chi connectivity index (χ2v) is 7.58. The maximum Gasteiger partial charge on any atom is 0.280 e. The first-order chi connectivity index (χ1) is 12.9. The van der Waals surface area contributed by atoms with Crippen LogP contribution in [0, 0.1) is 5.92 Å². The Bertz CT molecular complexity index is 1030. The first kappa shape index (κ1) is 19.2. The molecule has 2 aromatic heterocycles. The van der Waals surface area contributed by atoms with Crippen molar-refractivity contribution in [3.63, 3.8) is 0 Å². The molecule has 3 rings (SSSR count). The molecule has 0 N–H and O–H groups in total. The van der Waals surface area contributed by atoms with E-state index in [0.717, 1.165) is 4.47 Å². The highest BCUT2D eigenvalue weighted by atomic mass is 79.9. The second-order valence-electron chi connectivity index (χ2n) is 6.66. The lowest BCUT2D eigenvalue weighted by Crippen LogP contribution is -2.35. The van der Waals surface area contributed by atoms with Gasteiger partial charge in [-0.1, -0.05) is 32.0 Å². The number of pyridine rings is 1. The molecule has 0 unspecified atom stereocenters. The fraction of sp³-hybridized carbons (Fsp3) is 0.300. The maximum absolute atomic E-state index is 13.3. The third-order valence-corrected chi connectivity index (χ3v) is 4.63. The van der Waals surface area contributed by atoms with Crippen molar-refractivity contribution in [2.24, 2.45) is 5.92 Å². The maximum atomic E-state index is 13.3. The highest BCUT2D eigenvalue weighted by Crippen LogP contribution is 2.20. The van der Waals surface area contributed by atoms with Crippen LogP contribution in [-0.2, 0) is 6.54 Å². The van der Waals surface area contributed by atoms with E-state index in [1.54, 1.807) is 41.4 Å². The number of hydrogen-bond donors (Lipinski definition) is 0. The zero-order valence-electron chi connectivity index (χ0n) is 15.5. The Balaban J connectivity index is 2.16. The van der Waals surface area contributed by atoms with E-state index in [1.165, 1.54) is 4.68 Å². The average Bonchev–Trinajstić information content (AvgIpc) is 2.65. The van der Waals surface area contributed by atoms with Crippen molar-refractivity contribution < 1.29 is 4.79 Å². The van der Waals surface area contributed by atoms with Crippen LogP contribution in [0.15, 0.2) is 51.9 Å². The first-order valence-electron chi connectivity index (χ1n) is 8.85. The van der Waals surface area contributed by atoms with E-state index >= 15 is 0 Å². The minimum absolute atomic E-state index is 0.180. The van der Waals surface area contributed by atoms with E-state index in [4.69, 9.17) is 0 Å². The average molecular weight is 429 g/mol. The van der Waals surface area contributed by atoms with Crippen LogP contribution in [0.25, 0.3) is 10.8 Å². The number of carbonyl (C=O) groups excluding carboxylic acids is 1. The van der Waals surface area contributed by atoms with Gasteiger partial charge in [0.05, 0.1) is 5.39 Å². The molecule has 0 aliphatic heterocycles. The summed E-state index contributed by atoms with van der Waals surface area (Å²) in [6, 6.07) is 10.7. The molecule has 27 heavy (non-hydrogen) atoms. The Morgan fingerprint density at radius 2 is 1.89 bits per heavy atom. The van der Waals surface area contributed by atoms with Crippen molar-refractivity contribution in [2.75, 3.05) is 11.4 Å². The largest absolute Gasteiger partial charge is 0.292 e. The summed E-state index contributed by atoms with van der Waals surface area (Å²) in [4.78, 5) is 32.0. The lowest BCUT2D eigenvalue weighted by molar-refractivity contribution is 0.0982. The van der Waals surface area contributed by atoms with E-state index in [-0.39, 0.29) is 23.1 Å². The number of anilines is 1. The first-order valence-corrected chi connectivity index (χ1v) is 9.65. The number of nitrogens with zero attached hydrogens (tertiary/aromatic N) is 4. The molecule has 0 saturated carbocycles. The third-order valence-electron chi connectivity index (χ3n) is 4.16. The number of rotatable bonds is 5. The lowest BCUT2D eigenvalue weighted by atomic mass is 10.1. The van der Waals surface area contributed by atoms with Gasteiger partial charge in [-0.25, -0.2) is 9.67 Å². The van der Waals surface area contributed by atoms with Gasteiger partial charge in [-0.3, -0.25) is 14.5 Å². The number of amides is 1. The highest BCUT2D eigenvalue weighted by Gasteiger charge is 2.23. The zero-order valence-corrected chi connectivity index (χ0v) is 17.1. The number of halogens is 1. The Morgan fingerprint density at radius 1 is 1.19 bits per heavy atom. The standard InChI is InChI=1S/C20H21BrN4O2/c1-4-24(17-10-9-14(21)11-22-17)20(27)18-15-7-5-6-8-16(15)19(26)25(23-18)12-13(2)3/h5-11,13H,4,12H2,1-3H3. The van der Waals surface area contributed by atoms with Crippen LogP contribution in [0.3, 0.4) is 0 Å². The van der Waals surface area contributed by atoms with E-state index in [9.17, 15) is 9.59 Å². The number of fused-ring (bicyclic) bond motifs is 1. The number of hydrogen-bond acceptors (Lipinski definition) is 4. The number of carbonyl (C=O) groups is 1.